The van der Waals surface area contributed by atoms with Crippen LogP contribution in [-0.4, -0.2) is 72.5 Å². The Hall–Kier alpha value is -1.26. The van der Waals surface area contributed by atoms with Gasteiger partial charge in [0.05, 0.1) is 14.2 Å². The van der Waals surface area contributed by atoms with Crippen molar-refractivity contribution < 1.29 is 14.2 Å². The van der Waals surface area contributed by atoms with E-state index in [1.165, 1.54) is 0 Å². The number of para-hydroxylation sites is 1. The van der Waals surface area contributed by atoms with Gasteiger partial charge in [0.15, 0.2) is 17.5 Å². The number of likely N-dealkylation sites (N-methyl/N-ethyl adjacent to an activating group) is 1. The molecule has 8 heteroatoms. The average molecular weight is 480 g/mol. The molecular formula is C18H33IN4O3. The molecule has 0 bridgehead atoms. The van der Waals surface area contributed by atoms with Gasteiger partial charge in [0, 0.05) is 52.5 Å². The van der Waals surface area contributed by atoms with Crippen LogP contribution in [0.2, 0.25) is 0 Å². The number of hydrogen-bond donors (Lipinski definition) is 2. The fourth-order valence-electron chi connectivity index (χ4n) is 2.45. The molecule has 7 nitrogen and oxygen atoms in total. The number of guanidine groups is 1. The molecule has 1 aromatic carbocycles. The maximum Gasteiger partial charge on any atom is 0.191 e. The van der Waals surface area contributed by atoms with Crippen LogP contribution in [0.1, 0.15) is 12.0 Å². The fraction of sp³-hybridized carbons (Fsp3) is 0.611. The maximum atomic E-state index is 5.45. The molecule has 2 N–H and O–H groups in total. The lowest BCUT2D eigenvalue weighted by Gasteiger charge is -2.18. The first kappa shape index (κ1) is 24.7. The lowest BCUT2D eigenvalue weighted by molar-refractivity contribution is 0.180. The molecule has 0 aliphatic heterocycles. The summed E-state index contributed by atoms with van der Waals surface area (Å²) in [7, 11) is 8.89. The van der Waals surface area contributed by atoms with Crippen LogP contribution in [0.5, 0.6) is 11.5 Å². The Kier molecular flexibility index (Phi) is 14.1. The van der Waals surface area contributed by atoms with Crippen LogP contribution in [0.25, 0.3) is 0 Å². The van der Waals surface area contributed by atoms with E-state index in [1.54, 1.807) is 28.4 Å². The number of benzene rings is 1. The number of halogens is 1. The zero-order valence-corrected chi connectivity index (χ0v) is 18.8. The molecule has 0 unspecified atom stereocenters. The molecule has 0 radical (unpaired) electrons. The van der Waals surface area contributed by atoms with Gasteiger partial charge in [-0.05, 0) is 19.5 Å². The normalized spacial score (nSPS) is 11.1. The van der Waals surface area contributed by atoms with Crippen molar-refractivity contribution in [3.05, 3.63) is 23.8 Å². The molecule has 0 aromatic heterocycles. The maximum absolute atomic E-state index is 5.45. The third-order valence-corrected chi connectivity index (χ3v) is 3.83. The van der Waals surface area contributed by atoms with Crippen molar-refractivity contribution in [1.29, 1.82) is 0 Å². The van der Waals surface area contributed by atoms with Crippen molar-refractivity contribution in [3.63, 3.8) is 0 Å². The van der Waals surface area contributed by atoms with Gasteiger partial charge in [-0.1, -0.05) is 12.1 Å². The van der Waals surface area contributed by atoms with Crippen LogP contribution in [0.4, 0.5) is 0 Å². The number of hydrogen-bond acceptors (Lipinski definition) is 5. The summed E-state index contributed by atoms with van der Waals surface area (Å²) < 4.78 is 15.9. The molecule has 0 aliphatic carbocycles. The van der Waals surface area contributed by atoms with E-state index in [9.17, 15) is 0 Å². The molecule has 0 atom stereocenters. The van der Waals surface area contributed by atoms with Gasteiger partial charge in [-0.2, -0.15) is 0 Å². The average Bonchev–Trinajstić information content (AvgIpc) is 2.64. The minimum Gasteiger partial charge on any atom is -0.493 e. The second-order valence-electron chi connectivity index (χ2n) is 5.65. The summed E-state index contributed by atoms with van der Waals surface area (Å²) in [6, 6.07) is 5.84. The van der Waals surface area contributed by atoms with E-state index in [4.69, 9.17) is 14.2 Å². The summed E-state index contributed by atoms with van der Waals surface area (Å²) in [6.07, 6.45) is 1.04. The summed E-state index contributed by atoms with van der Waals surface area (Å²) >= 11 is 0. The quantitative estimate of drug-likeness (QED) is 0.219. The Morgan fingerprint density at radius 2 is 1.88 bits per heavy atom. The molecule has 0 amide bonds. The second-order valence-corrected chi connectivity index (χ2v) is 5.65. The highest BCUT2D eigenvalue weighted by atomic mass is 127. The molecule has 0 heterocycles. The highest BCUT2D eigenvalue weighted by Gasteiger charge is 2.09. The van der Waals surface area contributed by atoms with Gasteiger partial charge in [-0.3, -0.25) is 4.99 Å². The number of ether oxygens (including phenoxy) is 3. The predicted molar refractivity (Wildman–Crippen MR) is 117 cm³/mol. The van der Waals surface area contributed by atoms with E-state index in [-0.39, 0.29) is 24.0 Å². The molecule has 26 heavy (non-hydrogen) atoms. The van der Waals surface area contributed by atoms with Gasteiger partial charge in [0.2, 0.25) is 0 Å². The van der Waals surface area contributed by atoms with Gasteiger partial charge < -0.3 is 29.7 Å². The molecule has 0 aliphatic rings. The molecule has 0 spiro atoms. The summed E-state index contributed by atoms with van der Waals surface area (Å²) in [5.41, 5.74) is 1.02. The Morgan fingerprint density at radius 1 is 1.12 bits per heavy atom. The van der Waals surface area contributed by atoms with Crippen LogP contribution in [0.3, 0.4) is 0 Å². The van der Waals surface area contributed by atoms with Crippen LogP contribution < -0.4 is 20.1 Å². The van der Waals surface area contributed by atoms with E-state index in [0.29, 0.717) is 6.54 Å². The van der Waals surface area contributed by atoms with Gasteiger partial charge in [0.1, 0.15) is 0 Å². The first-order valence-corrected chi connectivity index (χ1v) is 8.48. The number of nitrogens with one attached hydrogen (secondary N) is 2. The molecule has 1 aromatic rings. The molecule has 150 valence electrons. The summed E-state index contributed by atoms with van der Waals surface area (Å²) in [5, 5.41) is 6.62. The minimum absolute atomic E-state index is 0. The lowest BCUT2D eigenvalue weighted by Crippen LogP contribution is -2.40. The third kappa shape index (κ3) is 8.91. The summed E-state index contributed by atoms with van der Waals surface area (Å²) in [6.45, 7) is 4.17. The topological polar surface area (TPSA) is 67.4 Å². The van der Waals surface area contributed by atoms with Crippen LogP contribution in [-0.2, 0) is 11.3 Å². The van der Waals surface area contributed by atoms with Gasteiger partial charge >= 0.3 is 0 Å². The van der Waals surface area contributed by atoms with Crippen molar-refractivity contribution in [2.75, 3.05) is 61.7 Å². The summed E-state index contributed by atoms with van der Waals surface area (Å²) in [5.74, 6) is 2.23. The first-order chi connectivity index (χ1) is 12.2. The van der Waals surface area contributed by atoms with Gasteiger partial charge in [-0.25, -0.2) is 0 Å². The highest BCUT2D eigenvalue weighted by molar-refractivity contribution is 14.0. The van der Waals surface area contributed by atoms with E-state index < -0.39 is 0 Å². The second kappa shape index (κ2) is 14.9. The predicted octanol–water partition coefficient (Wildman–Crippen LogP) is 1.96. The standard InChI is InChI=1S/C18H32N4O3.HI/c1-19-18(20-10-12-22(2)11-7-13-23-3)21-14-15-8-6-9-16(24-4)17(15)25-5;/h6,8-9H,7,10-14H2,1-5H3,(H2,19,20,21);1H. The van der Waals surface area contributed by atoms with E-state index in [1.807, 2.05) is 18.2 Å². The van der Waals surface area contributed by atoms with Crippen LogP contribution >= 0.6 is 24.0 Å². The molecular weight excluding hydrogens is 447 g/mol. The zero-order chi connectivity index (χ0) is 18.5. The minimum atomic E-state index is 0. The number of rotatable bonds is 11. The first-order valence-electron chi connectivity index (χ1n) is 8.48. The van der Waals surface area contributed by atoms with E-state index >= 15 is 0 Å². The SMILES string of the molecule is CN=C(NCCN(C)CCCOC)NCc1cccc(OC)c1OC.I. The Balaban J connectivity index is 0.00000625. The Morgan fingerprint density at radius 3 is 2.50 bits per heavy atom. The molecule has 1 rings (SSSR count). The van der Waals surface area contributed by atoms with Gasteiger partial charge in [0.25, 0.3) is 0 Å². The largest absolute Gasteiger partial charge is 0.493 e. The fourth-order valence-corrected chi connectivity index (χ4v) is 2.45. The van der Waals surface area contributed by atoms with Crippen molar-refractivity contribution in [1.82, 2.24) is 15.5 Å². The Labute approximate surface area is 174 Å². The van der Waals surface area contributed by atoms with Crippen molar-refractivity contribution in [3.8, 4) is 11.5 Å². The number of nitrogens with zero attached hydrogens (tertiary/aromatic N) is 2. The smallest absolute Gasteiger partial charge is 0.191 e. The third-order valence-electron chi connectivity index (χ3n) is 3.83. The van der Waals surface area contributed by atoms with E-state index in [2.05, 4.69) is 27.6 Å². The van der Waals surface area contributed by atoms with Crippen LogP contribution in [0.15, 0.2) is 23.2 Å². The number of aliphatic imine (C=N–C) groups is 1. The van der Waals surface area contributed by atoms with Crippen molar-refractivity contribution >= 4 is 29.9 Å². The highest BCUT2D eigenvalue weighted by Crippen LogP contribution is 2.30. The molecule has 0 fully saturated rings. The van der Waals surface area contributed by atoms with Gasteiger partial charge in [-0.15, -0.1) is 24.0 Å². The number of methoxy groups -OCH3 is 3. The Bertz CT molecular complexity index is 529. The molecule has 0 saturated heterocycles. The van der Waals surface area contributed by atoms with Crippen molar-refractivity contribution in [2.45, 2.75) is 13.0 Å². The molecule has 0 saturated carbocycles. The lowest BCUT2D eigenvalue weighted by atomic mass is 10.2. The van der Waals surface area contributed by atoms with Crippen molar-refractivity contribution in [2.24, 2.45) is 4.99 Å². The zero-order valence-electron chi connectivity index (χ0n) is 16.5. The van der Waals surface area contributed by atoms with Crippen LogP contribution in [0, 0.1) is 0 Å². The monoisotopic (exact) mass is 480 g/mol. The summed E-state index contributed by atoms with van der Waals surface area (Å²) in [4.78, 5) is 6.53. The van der Waals surface area contributed by atoms with E-state index in [0.717, 1.165) is 55.7 Å².